The van der Waals surface area contributed by atoms with Gasteiger partial charge in [0.2, 0.25) is 0 Å². The number of nitrogens with one attached hydrogen (secondary N) is 1. The average molecular weight is 431 g/mol. The first kappa shape index (κ1) is 20.5. The molecule has 1 atom stereocenters. The van der Waals surface area contributed by atoms with Gasteiger partial charge in [0.15, 0.2) is 11.5 Å². The Balaban J connectivity index is 1.38. The van der Waals surface area contributed by atoms with Gasteiger partial charge in [-0.05, 0) is 31.0 Å². The SMILES string of the molecule is COc1cc2c(cc1OCCCC1COCCN1)C1=Nc3cccc(C#N)c3CN1C=N2. The topological polar surface area (TPSA) is 91.5 Å². The van der Waals surface area contributed by atoms with Crippen molar-refractivity contribution in [2.45, 2.75) is 25.4 Å². The van der Waals surface area contributed by atoms with Gasteiger partial charge in [0.25, 0.3) is 0 Å². The number of hydrogen-bond acceptors (Lipinski definition) is 8. The molecule has 3 heterocycles. The lowest BCUT2D eigenvalue weighted by molar-refractivity contribution is 0.0721. The van der Waals surface area contributed by atoms with Crippen molar-refractivity contribution in [3.63, 3.8) is 0 Å². The monoisotopic (exact) mass is 431 g/mol. The Labute approximate surface area is 187 Å². The van der Waals surface area contributed by atoms with Gasteiger partial charge in [-0.15, -0.1) is 0 Å². The van der Waals surface area contributed by atoms with Gasteiger partial charge in [-0.2, -0.15) is 5.26 Å². The summed E-state index contributed by atoms with van der Waals surface area (Å²) in [5, 5.41) is 12.9. The van der Waals surface area contributed by atoms with E-state index in [0.717, 1.165) is 60.9 Å². The van der Waals surface area contributed by atoms with Gasteiger partial charge in [0.05, 0.1) is 62.8 Å². The Bertz CT molecular complexity index is 1120. The molecule has 1 N–H and O–H groups in total. The van der Waals surface area contributed by atoms with Crippen LogP contribution in [0.5, 0.6) is 11.5 Å². The summed E-state index contributed by atoms with van der Waals surface area (Å²) >= 11 is 0. The molecule has 1 fully saturated rings. The quantitative estimate of drug-likeness (QED) is 0.706. The van der Waals surface area contributed by atoms with E-state index >= 15 is 0 Å². The van der Waals surface area contributed by atoms with Crippen molar-refractivity contribution in [1.82, 2.24) is 10.2 Å². The molecule has 32 heavy (non-hydrogen) atoms. The summed E-state index contributed by atoms with van der Waals surface area (Å²) in [6.45, 7) is 3.58. The third-order valence-electron chi connectivity index (χ3n) is 5.91. The van der Waals surface area contributed by atoms with Crippen LogP contribution in [0.2, 0.25) is 0 Å². The molecule has 3 aliphatic rings. The van der Waals surface area contributed by atoms with E-state index in [1.807, 2.05) is 35.2 Å². The van der Waals surface area contributed by atoms with Crippen molar-refractivity contribution in [2.24, 2.45) is 9.98 Å². The maximum atomic E-state index is 9.44. The van der Waals surface area contributed by atoms with Crippen molar-refractivity contribution in [3.05, 3.63) is 47.0 Å². The molecule has 0 aliphatic carbocycles. The van der Waals surface area contributed by atoms with Crippen LogP contribution >= 0.6 is 0 Å². The minimum absolute atomic E-state index is 0.385. The highest BCUT2D eigenvalue weighted by Gasteiger charge is 2.28. The molecule has 3 aliphatic heterocycles. The summed E-state index contributed by atoms with van der Waals surface area (Å²) in [4.78, 5) is 11.4. The number of aliphatic imine (C=N–C) groups is 2. The lowest BCUT2D eigenvalue weighted by atomic mass is 10.0. The molecule has 0 bridgehead atoms. The fourth-order valence-electron chi connectivity index (χ4n) is 4.24. The normalized spacial score (nSPS) is 18.7. The number of amidine groups is 1. The molecular weight excluding hydrogens is 406 g/mol. The van der Waals surface area contributed by atoms with Crippen molar-refractivity contribution in [1.29, 1.82) is 5.26 Å². The number of ether oxygens (including phenoxy) is 3. The Hall–Kier alpha value is -3.41. The standard InChI is InChI=1S/C24H25N5O3/c1-30-22-11-21-18(10-23(22)32-8-3-5-17-14-31-9-7-26-17)24-28-20-6-2-4-16(12-25)19(20)13-29(24)15-27-21/h2,4,6,10-11,15,17,26H,3,5,7-9,13-14H2,1H3. The number of hydrogen-bond donors (Lipinski definition) is 1. The van der Waals surface area contributed by atoms with Gasteiger partial charge in [-0.25, -0.2) is 9.98 Å². The number of benzene rings is 2. The first-order valence-electron chi connectivity index (χ1n) is 10.8. The van der Waals surface area contributed by atoms with Crippen LogP contribution in [-0.4, -0.2) is 56.6 Å². The van der Waals surface area contributed by atoms with Crippen molar-refractivity contribution in [2.75, 3.05) is 33.5 Å². The van der Waals surface area contributed by atoms with Gasteiger partial charge in [0, 0.05) is 29.8 Å². The molecule has 164 valence electrons. The second kappa shape index (κ2) is 8.99. The van der Waals surface area contributed by atoms with Crippen LogP contribution < -0.4 is 14.8 Å². The minimum Gasteiger partial charge on any atom is -0.493 e. The van der Waals surface area contributed by atoms with Crippen LogP contribution in [-0.2, 0) is 11.3 Å². The molecule has 1 unspecified atom stereocenters. The number of morpholine rings is 1. The van der Waals surface area contributed by atoms with Crippen LogP contribution in [0.25, 0.3) is 0 Å². The summed E-state index contributed by atoms with van der Waals surface area (Å²) in [6, 6.07) is 12.1. The van der Waals surface area contributed by atoms with Crippen LogP contribution in [0.4, 0.5) is 11.4 Å². The molecule has 8 heteroatoms. The zero-order chi connectivity index (χ0) is 21.9. The Morgan fingerprint density at radius 2 is 2.22 bits per heavy atom. The zero-order valence-corrected chi connectivity index (χ0v) is 18.0. The van der Waals surface area contributed by atoms with Gasteiger partial charge < -0.3 is 24.4 Å². The van der Waals surface area contributed by atoms with Crippen molar-refractivity contribution in [3.8, 4) is 17.6 Å². The fourth-order valence-corrected chi connectivity index (χ4v) is 4.24. The van der Waals surface area contributed by atoms with E-state index in [1.54, 1.807) is 13.4 Å². The summed E-state index contributed by atoms with van der Waals surface area (Å²) in [6.07, 6.45) is 3.67. The Kier molecular flexibility index (Phi) is 5.75. The lowest BCUT2D eigenvalue weighted by Crippen LogP contribution is -2.41. The smallest absolute Gasteiger partial charge is 0.162 e. The first-order valence-corrected chi connectivity index (χ1v) is 10.8. The second-order valence-electron chi connectivity index (χ2n) is 7.96. The van der Waals surface area contributed by atoms with Crippen LogP contribution in [0.3, 0.4) is 0 Å². The van der Waals surface area contributed by atoms with Crippen LogP contribution in [0.1, 0.15) is 29.5 Å². The Morgan fingerprint density at radius 1 is 1.28 bits per heavy atom. The molecular formula is C24H25N5O3. The van der Waals surface area contributed by atoms with E-state index in [9.17, 15) is 5.26 Å². The van der Waals surface area contributed by atoms with Crippen molar-refractivity contribution < 1.29 is 14.2 Å². The molecule has 0 spiro atoms. The van der Waals surface area contributed by atoms with E-state index in [0.29, 0.717) is 36.3 Å². The largest absolute Gasteiger partial charge is 0.493 e. The Morgan fingerprint density at radius 3 is 3.03 bits per heavy atom. The lowest BCUT2D eigenvalue weighted by Gasteiger charge is -2.31. The predicted molar refractivity (Wildman–Crippen MR) is 121 cm³/mol. The number of nitrogens with zero attached hydrogens (tertiary/aromatic N) is 4. The summed E-state index contributed by atoms with van der Waals surface area (Å²) < 4.78 is 17.2. The van der Waals surface area contributed by atoms with Crippen LogP contribution in [0.15, 0.2) is 40.3 Å². The van der Waals surface area contributed by atoms with Gasteiger partial charge in [0.1, 0.15) is 5.84 Å². The highest BCUT2D eigenvalue weighted by molar-refractivity contribution is 6.12. The molecule has 5 rings (SSSR count). The van der Waals surface area contributed by atoms with Gasteiger partial charge >= 0.3 is 0 Å². The third kappa shape index (κ3) is 3.93. The van der Waals surface area contributed by atoms with E-state index in [4.69, 9.17) is 19.2 Å². The highest BCUT2D eigenvalue weighted by atomic mass is 16.5. The molecule has 0 amide bonds. The van der Waals surface area contributed by atoms with E-state index in [2.05, 4.69) is 16.4 Å². The summed E-state index contributed by atoms with van der Waals surface area (Å²) in [5.74, 6) is 2.13. The number of fused-ring (bicyclic) bond motifs is 4. The molecule has 0 radical (unpaired) electrons. The predicted octanol–water partition coefficient (Wildman–Crippen LogP) is 3.28. The first-order chi connectivity index (χ1) is 15.8. The maximum absolute atomic E-state index is 9.44. The molecule has 0 aromatic heterocycles. The maximum Gasteiger partial charge on any atom is 0.162 e. The molecule has 0 saturated carbocycles. The summed E-state index contributed by atoms with van der Waals surface area (Å²) in [5.41, 5.74) is 4.04. The second-order valence-corrected chi connectivity index (χ2v) is 7.96. The zero-order valence-electron chi connectivity index (χ0n) is 18.0. The number of nitriles is 1. The van der Waals surface area contributed by atoms with Crippen molar-refractivity contribution >= 4 is 23.5 Å². The van der Waals surface area contributed by atoms with E-state index < -0.39 is 0 Å². The van der Waals surface area contributed by atoms with E-state index in [1.165, 1.54) is 0 Å². The third-order valence-corrected chi connectivity index (χ3v) is 5.91. The fraction of sp³-hybridized carbons (Fsp3) is 0.375. The molecule has 1 saturated heterocycles. The van der Waals surface area contributed by atoms with E-state index in [-0.39, 0.29) is 0 Å². The molecule has 2 aromatic carbocycles. The van der Waals surface area contributed by atoms with Crippen LogP contribution in [0, 0.1) is 11.3 Å². The molecule has 8 nitrogen and oxygen atoms in total. The summed E-state index contributed by atoms with van der Waals surface area (Å²) in [7, 11) is 1.63. The van der Waals surface area contributed by atoms with Gasteiger partial charge in [-0.3, -0.25) is 0 Å². The number of methoxy groups -OCH3 is 1. The van der Waals surface area contributed by atoms with Gasteiger partial charge in [-0.1, -0.05) is 6.07 Å². The average Bonchev–Trinajstić information content (AvgIpc) is 2.85. The number of rotatable bonds is 6. The molecule has 2 aromatic rings. The highest BCUT2D eigenvalue weighted by Crippen LogP contribution is 2.40. The minimum atomic E-state index is 0.385.